The third-order valence-corrected chi connectivity index (χ3v) is 2.57. The fourth-order valence-electron chi connectivity index (χ4n) is 1.56. The van der Waals surface area contributed by atoms with E-state index in [1.807, 2.05) is 6.92 Å². The molecule has 0 saturated carbocycles. The fourth-order valence-corrected chi connectivity index (χ4v) is 1.56. The van der Waals surface area contributed by atoms with Gasteiger partial charge in [-0.1, -0.05) is 62.6 Å². The first-order valence-electron chi connectivity index (χ1n) is 6.84. The van der Waals surface area contributed by atoms with Crippen molar-refractivity contribution in [1.82, 2.24) is 0 Å². The van der Waals surface area contributed by atoms with Gasteiger partial charge in [0.05, 0.1) is 0 Å². The topological polar surface area (TPSA) is 0 Å². The predicted molar refractivity (Wildman–Crippen MR) is 75.7 cm³/mol. The second-order valence-corrected chi connectivity index (χ2v) is 4.21. The molecule has 0 N–H and O–H groups in total. The molecule has 0 nitrogen and oxygen atoms in total. The van der Waals surface area contributed by atoms with Gasteiger partial charge in [0.2, 0.25) is 0 Å². The second kappa shape index (κ2) is 14.2. The minimum Gasteiger partial charge on any atom is -0.0885 e. The van der Waals surface area contributed by atoms with E-state index in [1.165, 1.54) is 51.4 Å². The minimum atomic E-state index is 1.20. The van der Waals surface area contributed by atoms with E-state index in [2.05, 4.69) is 43.4 Å². The molecule has 0 radical (unpaired) electrons. The lowest BCUT2D eigenvalue weighted by Crippen LogP contribution is -1.74. The van der Waals surface area contributed by atoms with Crippen LogP contribution >= 0.6 is 0 Å². The van der Waals surface area contributed by atoms with Gasteiger partial charge in [0.15, 0.2) is 0 Å². The molecule has 0 aromatic carbocycles. The number of unbranched alkanes of at least 4 members (excludes halogenated alkanes) is 6. The summed E-state index contributed by atoms with van der Waals surface area (Å²) in [5.41, 5.74) is 0. The first-order valence-corrected chi connectivity index (χ1v) is 6.84. The lowest BCUT2D eigenvalue weighted by molar-refractivity contribution is 0.673. The van der Waals surface area contributed by atoms with Crippen molar-refractivity contribution >= 4 is 0 Å². The Balaban J connectivity index is 3.15. The Kier molecular flexibility index (Phi) is 13.5. The first-order chi connectivity index (χ1) is 7.91. The summed E-state index contributed by atoms with van der Waals surface area (Å²) >= 11 is 0. The van der Waals surface area contributed by atoms with Crippen LogP contribution in [0, 0.1) is 0 Å². The monoisotopic (exact) mass is 220 g/mol. The molecular formula is C16H28. The van der Waals surface area contributed by atoms with Gasteiger partial charge >= 0.3 is 0 Å². The van der Waals surface area contributed by atoms with E-state index in [-0.39, 0.29) is 0 Å². The van der Waals surface area contributed by atoms with Crippen molar-refractivity contribution in [2.45, 2.75) is 65.2 Å². The highest BCUT2D eigenvalue weighted by molar-refractivity contribution is 5.00. The Hall–Kier alpha value is -0.780. The summed E-state index contributed by atoms with van der Waals surface area (Å²) in [6.07, 6.45) is 23.7. The molecule has 0 heteroatoms. The minimum absolute atomic E-state index is 1.20. The molecule has 0 spiro atoms. The maximum Gasteiger partial charge on any atom is -0.0345 e. The van der Waals surface area contributed by atoms with Gasteiger partial charge in [-0.25, -0.2) is 0 Å². The van der Waals surface area contributed by atoms with Gasteiger partial charge in [0.25, 0.3) is 0 Å². The van der Waals surface area contributed by atoms with Crippen LogP contribution in [-0.2, 0) is 0 Å². The molecule has 0 heterocycles. The van der Waals surface area contributed by atoms with E-state index < -0.39 is 0 Å². The normalized spacial score (nSPS) is 12.4. The molecule has 0 aliphatic carbocycles. The Morgan fingerprint density at radius 3 is 2.06 bits per heavy atom. The van der Waals surface area contributed by atoms with Gasteiger partial charge in [0, 0.05) is 0 Å². The van der Waals surface area contributed by atoms with E-state index >= 15 is 0 Å². The van der Waals surface area contributed by atoms with Gasteiger partial charge in [-0.15, -0.1) is 0 Å². The van der Waals surface area contributed by atoms with Gasteiger partial charge in [0.1, 0.15) is 0 Å². The molecule has 0 bridgehead atoms. The molecule has 16 heavy (non-hydrogen) atoms. The average Bonchev–Trinajstić information content (AvgIpc) is 2.31. The van der Waals surface area contributed by atoms with Gasteiger partial charge in [-0.05, 0) is 39.0 Å². The van der Waals surface area contributed by atoms with E-state index in [1.54, 1.807) is 0 Å². The number of rotatable bonds is 10. The lowest BCUT2D eigenvalue weighted by atomic mass is 10.1. The summed E-state index contributed by atoms with van der Waals surface area (Å²) in [5.74, 6) is 0. The van der Waals surface area contributed by atoms with Gasteiger partial charge in [-0.2, -0.15) is 0 Å². The van der Waals surface area contributed by atoms with Crippen LogP contribution in [0.2, 0.25) is 0 Å². The third-order valence-electron chi connectivity index (χ3n) is 2.57. The predicted octanol–water partition coefficient (Wildman–Crippen LogP) is 5.82. The van der Waals surface area contributed by atoms with Crippen LogP contribution in [0.3, 0.4) is 0 Å². The smallest absolute Gasteiger partial charge is 0.0345 e. The molecule has 0 fully saturated rings. The van der Waals surface area contributed by atoms with Crippen molar-refractivity contribution in [3.63, 3.8) is 0 Å². The maximum absolute atomic E-state index is 2.35. The zero-order valence-electron chi connectivity index (χ0n) is 11.1. The van der Waals surface area contributed by atoms with E-state index in [4.69, 9.17) is 0 Å². The fraction of sp³-hybridized carbons (Fsp3) is 0.625. The van der Waals surface area contributed by atoms with Crippen LogP contribution in [0.25, 0.3) is 0 Å². The van der Waals surface area contributed by atoms with Gasteiger partial charge < -0.3 is 0 Å². The number of hydrogen-bond acceptors (Lipinski definition) is 0. The van der Waals surface area contributed by atoms with Crippen LogP contribution in [0.15, 0.2) is 36.5 Å². The highest BCUT2D eigenvalue weighted by Gasteiger charge is 1.84. The Morgan fingerprint density at radius 1 is 0.688 bits per heavy atom. The summed E-state index contributed by atoms with van der Waals surface area (Å²) < 4.78 is 0. The quantitative estimate of drug-likeness (QED) is 0.247. The molecular weight excluding hydrogens is 192 g/mol. The summed E-state index contributed by atoms with van der Waals surface area (Å²) in [5, 5.41) is 0. The molecule has 0 aromatic heterocycles. The van der Waals surface area contributed by atoms with Crippen LogP contribution in [-0.4, -0.2) is 0 Å². The van der Waals surface area contributed by atoms with Gasteiger partial charge in [-0.3, -0.25) is 0 Å². The molecule has 0 atom stereocenters. The summed E-state index contributed by atoms with van der Waals surface area (Å²) in [6, 6.07) is 0. The number of allylic oxidation sites excluding steroid dienone is 6. The lowest BCUT2D eigenvalue weighted by Gasteiger charge is -1.94. The highest BCUT2D eigenvalue weighted by Crippen LogP contribution is 2.04. The molecule has 0 aliphatic rings. The first kappa shape index (κ1) is 15.2. The molecule has 0 amide bonds. The van der Waals surface area contributed by atoms with Crippen LogP contribution in [0.4, 0.5) is 0 Å². The molecule has 0 unspecified atom stereocenters. The molecule has 92 valence electrons. The van der Waals surface area contributed by atoms with Crippen LogP contribution in [0.1, 0.15) is 65.2 Å². The molecule has 0 rings (SSSR count). The Morgan fingerprint density at radius 2 is 1.38 bits per heavy atom. The molecule has 0 aliphatic heterocycles. The third kappa shape index (κ3) is 13.2. The van der Waals surface area contributed by atoms with E-state index in [0.29, 0.717) is 0 Å². The summed E-state index contributed by atoms with van der Waals surface area (Å²) in [6.45, 7) is 4.31. The van der Waals surface area contributed by atoms with Crippen molar-refractivity contribution in [2.75, 3.05) is 0 Å². The van der Waals surface area contributed by atoms with E-state index in [9.17, 15) is 0 Å². The average molecular weight is 220 g/mol. The Labute approximate surface area is 102 Å². The van der Waals surface area contributed by atoms with Crippen molar-refractivity contribution in [3.05, 3.63) is 36.5 Å². The SMILES string of the molecule is C/C=C/C=C/CCC/C=C/CCCCCC. The largest absolute Gasteiger partial charge is 0.0885 e. The number of hydrogen-bond donors (Lipinski definition) is 0. The highest BCUT2D eigenvalue weighted by atomic mass is 13.9. The van der Waals surface area contributed by atoms with Crippen molar-refractivity contribution in [2.24, 2.45) is 0 Å². The Bertz CT molecular complexity index is 196. The standard InChI is InChI=1S/C16H28/c1-3-5-7-9-11-13-15-16-14-12-10-8-6-4-2/h3,5,7,9,14,16H,4,6,8,10-13,15H2,1-2H3/b5-3+,9-7+,16-14+. The summed E-state index contributed by atoms with van der Waals surface area (Å²) in [4.78, 5) is 0. The second-order valence-electron chi connectivity index (χ2n) is 4.21. The summed E-state index contributed by atoms with van der Waals surface area (Å²) in [7, 11) is 0. The zero-order chi connectivity index (χ0) is 11.9. The van der Waals surface area contributed by atoms with Crippen molar-refractivity contribution in [3.8, 4) is 0 Å². The molecule has 0 saturated heterocycles. The van der Waals surface area contributed by atoms with Crippen molar-refractivity contribution < 1.29 is 0 Å². The van der Waals surface area contributed by atoms with E-state index in [0.717, 1.165) is 0 Å². The van der Waals surface area contributed by atoms with Crippen LogP contribution in [0.5, 0.6) is 0 Å². The maximum atomic E-state index is 2.35. The zero-order valence-corrected chi connectivity index (χ0v) is 11.1. The molecule has 0 aromatic rings. The van der Waals surface area contributed by atoms with Crippen molar-refractivity contribution in [1.29, 1.82) is 0 Å². The van der Waals surface area contributed by atoms with Crippen LogP contribution < -0.4 is 0 Å².